The molecular formula is C14H16OS. The largest absolute Gasteiger partial charge is 0.298 e. The molecule has 0 heterocycles. The van der Waals surface area contributed by atoms with Gasteiger partial charge in [-0.15, -0.1) is 18.3 Å². The van der Waals surface area contributed by atoms with Crippen molar-refractivity contribution in [3.05, 3.63) is 43.0 Å². The molecule has 1 saturated carbocycles. The highest BCUT2D eigenvalue weighted by atomic mass is 32.2. The van der Waals surface area contributed by atoms with E-state index in [9.17, 15) is 4.79 Å². The zero-order valence-corrected chi connectivity index (χ0v) is 10.1. The van der Waals surface area contributed by atoms with Crippen molar-refractivity contribution in [3.63, 3.8) is 0 Å². The number of benzene rings is 1. The lowest BCUT2D eigenvalue weighted by molar-refractivity contribution is -0.120. The van der Waals surface area contributed by atoms with Gasteiger partial charge in [-0.05, 0) is 31.4 Å². The molecule has 2 atom stereocenters. The van der Waals surface area contributed by atoms with Crippen LogP contribution in [0.4, 0.5) is 0 Å². The second kappa shape index (κ2) is 5.35. The third-order valence-corrected chi connectivity index (χ3v) is 4.27. The van der Waals surface area contributed by atoms with Gasteiger partial charge >= 0.3 is 0 Å². The van der Waals surface area contributed by atoms with Gasteiger partial charge in [0.2, 0.25) is 0 Å². The summed E-state index contributed by atoms with van der Waals surface area (Å²) in [5, 5.41) is 0.160. The molecule has 0 N–H and O–H groups in total. The molecule has 0 saturated heterocycles. The molecule has 2 heteroatoms. The highest BCUT2D eigenvalue weighted by Crippen LogP contribution is 2.36. The summed E-state index contributed by atoms with van der Waals surface area (Å²) >= 11 is 1.71. The lowest BCUT2D eigenvalue weighted by atomic mass is 10.0. The number of thioether (sulfide) groups is 1. The van der Waals surface area contributed by atoms with Crippen LogP contribution in [0.5, 0.6) is 0 Å². The maximum absolute atomic E-state index is 12.0. The van der Waals surface area contributed by atoms with Gasteiger partial charge in [-0.1, -0.05) is 24.3 Å². The minimum absolute atomic E-state index is 0.160. The normalized spacial score (nSPS) is 24.6. The van der Waals surface area contributed by atoms with Crippen molar-refractivity contribution in [2.75, 3.05) is 0 Å². The Labute approximate surface area is 101 Å². The number of Topliss-reactive ketones (excluding diaryl/α,β-unsaturated/α-hetero) is 1. The minimum atomic E-state index is 0.160. The Morgan fingerprint density at radius 2 is 2.06 bits per heavy atom. The summed E-state index contributed by atoms with van der Waals surface area (Å²) in [7, 11) is 0. The first-order chi connectivity index (χ1) is 7.81. The summed E-state index contributed by atoms with van der Waals surface area (Å²) < 4.78 is 0. The molecule has 1 aliphatic rings. The molecule has 84 valence electrons. The summed E-state index contributed by atoms with van der Waals surface area (Å²) in [6.07, 6.45) is 4.73. The van der Waals surface area contributed by atoms with E-state index in [-0.39, 0.29) is 11.2 Å². The van der Waals surface area contributed by atoms with Crippen molar-refractivity contribution in [1.82, 2.24) is 0 Å². The number of allylic oxidation sites excluding steroid dienone is 1. The number of hydrogen-bond donors (Lipinski definition) is 0. The van der Waals surface area contributed by atoms with Crippen molar-refractivity contribution in [2.45, 2.75) is 29.4 Å². The van der Waals surface area contributed by atoms with Crippen molar-refractivity contribution < 1.29 is 4.79 Å². The predicted molar refractivity (Wildman–Crippen MR) is 68.6 cm³/mol. The van der Waals surface area contributed by atoms with Crippen LogP contribution in [0, 0.1) is 5.92 Å². The number of carbonyl (C=O) groups is 1. The second-order valence-electron chi connectivity index (χ2n) is 4.12. The Morgan fingerprint density at radius 1 is 1.31 bits per heavy atom. The zero-order valence-electron chi connectivity index (χ0n) is 9.26. The zero-order chi connectivity index (χ0) is 11.4. The van der Waals surface area contributed by atoms with Gasteiger partial charge in [-0.2, -0.15) is 0 Å². The van der Waals surface area contributed by atoms with Gasteiger partial charge in [0, 0.05) is 10.8 Å². The first kappa shape index (κ1) is 11.5. The standard InChI is InChI=1S/C14H16OS/c1-2-6-11-9-10-13(14(11)15)16-12-7-4-3-5-8-12/h2-5,7-8,11,13H,1,6,9-10H2. The SMILES string of the molecule is C=CCC1CCC(Sc2ccccc2)C1=O. The summed E-state index contributed by atoms with van der Waals surface area (Å²) in [6.45, 7) is 3.71. The lowest BCUT2D eigenvalue weighted by Gasteiger charge is -2.08. The predicted octanol–water partition coefficient (Wildman–Crippen LogP) is 3.70. The van der Waals surface area contributed by atoms with Gasteiger partial charge in [-0.25, -0.2) is 0 Å². The molecule has 0 bridgehead atoms. The maximum Gasteiger partial charge on any atom is 0.149 e. The number of carbonyl (C=O) groups excluding carboxylic acids is 1. The molecule has 1 fully saturated rings. The average Bonchev–Trinajstić information content (AvgIpc) is 2.64. The van der Waals surface area contributed by atoms with Gasteiger partial charge in [0.15, 0.2) is 0 Å². The second-order valence-corrected chi connectivity index (χ2v) is 5.40. The number of rotatable bonds is 4. The fourth-order valence-corrected chi connectivity index (χ4v) is 3.32. The molecule has 0 aliphatic heterocycles. The Bertz CT molecular complexity index is 372. The Balaban J connectivity index is 1.97. The van der Waals surface area contributed by atoms with Crippen molar-refractivity contribution >= 4 is 17.5 Å². The molecule has 1 aliphatic carbocycles. The van der Waals surface area contributed by atoms with Crippen LogP contribution < -0.4 is 0 Å². The van der Waals surface area contributed by atoms with Crippen LogP contribution in [-0.2, 0) is 4.79 Å². The topological polar surface area (TPSA) is 17.1 Å². The average molecular weight is 232 g/mol. The van der Waals surface area contributed by atoms with E-state index < -0.39 is 0 Å². The van der Waals surface area contributed by atoms with Crippen molar-refractivity contribution in [1.29, 1.82) is 0 Å². The number of hydrogen-bond acceptors (Lipinski definition) is 2. The quantitative estimate of drug-likeness (QED) is 0.736. The Kier molecular flexibility index (Phi) is 3.83. The third kappa shape index (κ3) is 2.56. The van der Waals surface area contributed by atoms with Crippen LogP contribution in [0.1, 0.15) is 19.3 Å². The minimum Gasteiger partial charge on any atom is -0.298 e. The summed E-state index contributed by atoms with van der Waals surface area (Å²) in [6, 6.07) is 10.2. The van der Waals surface area contributed by atoms with Crippen LogP contribution >= 0.6 is 11.8 Å². The molecule has 2 rings (SSSR count). The fourth-order valence-electron chi connectivity index (χ4n) is 2.12. The molecule has 1 nitrogen and oxygen atoms in total. The molecule has 1 aromatic carbocycles. The Hall–Kier alpha value is -1.02. The molecule has 16 heavy (non-hydrogen) atoms. The van der Waals surface area contributed by atoms with Gasteiger partial charge < -0.3 is 0 Å². The summed E-state index contributed by atoms with van der Waals surface area (Å²) in [5.41, 5.74) is 0. The van der Waals surface area contributed by atoms with Crippen molar-refractivity contribution in [2.24, 2.45) is 5.92 Å². The first-order valence-corrected chi connectivity index (χ1v) is 6.55. The molecular weight excluding hydrogens is 216 g/mol. The van der Waals surface area contributed by atoms with Gasteiger partial charge in [0.25, 0.3) is 0 Å². The molecule has 0 amide bonds. The van der Waals surface area contributed by atoms with Crippen LogP contribution in [0.2, 0.25) is 0 Å². The van der Waals surface area contributed by atoms with E-state index in [2.05, 4.69) is 18.7 Å². The van der Waals surface area contributed by atoms with E-state index in [1.165, 1.54) is 4.90 Å². The van der Waals surface area contributed by atoms with E-state index in [4.69, 9.17) is 0 Å². The Morgan fingerprint density at radius 3 is 2.75 bits per heavy atom. The van der Waals surface area contributed by atoms with E-state index in [0.29, 0.717) is 5.78 Å². The summed E-state index contributed by atoms with van der Waals surface area (Å²) in [5.74, 6) is 0.632. The molecule has 2 unspecified atom stereocenters. The molecule has 0 radical (unpaired) electrons. The smallest absolute Gasteiger partial charge is 0.149 e. The molecule has 0 aromatic heterocycles. The lowest BCUT2D eigenvalue weighted by Crippen LogP contribution is -2.15. The van der Waals surface area contributed by atoms with Crippen LogP contribution in [-0.4, -0.2) is 11.0 Å². The molecule has 1 aromatic rings. The van der Waals surface area contributed by atoms with Crippen LogP contribution in [0.15, 0.2) is 47.9 Å². The van der Waals surface area contributed by atoms with E-state index in [0.717, 1.165) is 19.3 Å². The highest BCUT2D eigenvalue weighted by Gasteiger charge is 2.33. The number of ketones is 1. The van der Waals surface area contributed by atoms with Crippen LogP contribution in [0.3, 0.4) is 0 Å². The monoisotopic (exact) mass is 232 g/mol. The third-order valence-electron chi connectivity index (χ3n) is 2.97. The van der Waals surface area contributed by atoms with Gasteiger partial charge in [-0.3, -0.25) is 4.79 Å². The van der Waals surface area contributed by atoms with Gasteiger partial charge in [0.05, 0.1) is 5.25 Å². The maximum atomic E-state index is 12.0. The van der Waals surface area contributed by atoms with E-state index in [1.807, 2.05) is 24.3 Å². The van der Waals surface area contributed by atoms with E-state index in [1.54, 1.807) is 11.8 Å². The molecule has 0 spiro atoms. The van der Waals surface area contributed by atoms with E-state index >= 15 is 0 Å². The van der Waals surface area contributed by atoms with Gasteiger partial charge in [0.1, 0.15) is 5.78 Å². The van der Waals surface area contributed by atoms with Crippen molar-refractivity contribution in [3.8, 4) is 0 Å². The summed E-state index contributed by atoms with van der Waals surface area (Å²) in [4.78, 5) is 13.2. The fraction of sp³-hybridized carbons (Fsp3) is 0.357. The first-order valence-electron chi connectivity index (χ1n) is 5.67. The van der Waals surface area contributed by atoms with Crippen LogP contribution in [0.25, 0.3) is 0 Å². The highest BCUT2D eigenvalue weighted by molar-refractivity contribution is 8.00.